The minimum Gasteiger partial charge on any atom is -0.396 e. The Labute approximate surface area is 139 Å². The molecule has 0 aliphatic heterocycles. The van der Waals surface area contributed by atoms with E-state index in [0.29, 0.717) is 19.3 Å². The molecule has 1 amide bonds. The second kappa shape index (κ2) is 6.22. The molecule has 5 nitrogen and oxygen atoms in total. The van der Waals surface area contributed by atoms with E-state index in [-0.39, 0.29) is 5.54 Å². The van der Waals surface area contributed by atoms with Crippen LogP contribution < -0.4 is 10.1 Å². The predicted octanol–water partition coefficient (Wildman–Crippen LogP) is 3.84. The average molecular weight is 421 g/mol. The van der Waals surface area contributed by atoms with Gasteiger partial charge >= 0.3 is 6.09 Å². The van der Waals surface area contributed by atoms with E-state index in [1.807, 2.05) is 43.4 Å². The van der Waals surface area contributed by atoms with Gasteiger partial charge in [0.1, 0.15) is 10.8 Å². The molecule has 0 atom stereocenters. The first-order valence-electron chi connectivity index (χ1n) is 6.02. The first-order chi connectivity index (χ1) is 9.74. The zero-order chi connectivity index (χ0) is 15.6. The molecule has 0 aromatic carbocycles. The number of thiazole rings is 1. The van der Waals surface area contributed by atoms with Gasteiger partial charge in [0, 0.05) is 17.3 Å². The summed E-state index contributed by atoms with van der Waals surface area (Å²) in [6.07, 6.45) is 2.08. The molecular weight excluding hydrogens is 408 g/mol. The van der Waals surface area contributed by atoms with Crippen molar-refractivity contribution >= 4 is 40.0 Å². The van der Waals surface area contributed by atoms with Crippen LogP contribution >= 0.6 is 33.9 Å². The van der Waals surface area contributed by atoms with Crippen molar-refractivity contribution in [2.45, 2.75) is 26.3 Å². The SMILES string of the molecule is CC(C)(C)NC(=O)Oc1sc(-c2cncc(F)c2)nc1I. The lowest BCUT2D eigenvalue weighted by Crippen LogP contribution is -2.42. The van der Waals surface area contributed by atoms with E-state index < -0.39 is 11.9 Å². The van der Waals surface area contributed by atoms with E-state index in [4.69, 9.17) is 4.74 Å². The number of rotatable bonds is 2. The van der Waals surface area contributed by atoms with Crippen LogP contribution in [0, 0.1) is 9.52 Å². The second-order valence-corrected chi connectivity index (χ2v) is 7.24. The van der Waals surface area contributed by atoms with Gasteiger partial charge < -0.3 is 10.1 Å². The Morgan fingerprint density at radius 1 is 1.43 bits per heavy atom. The van der Waals surface area contributed by atoms with Gasteiger partial charge in [0.15, 0.2) is 3.70 Å². The summed E-state index contributed by atoms with van der Waals surface area (Å²) in [5.74, 6) is -0.439. The van der Waals surface area contributed by atoms with Crippen molar-refractivity contribution in [1.29, 1.82) is 0 Å². The number of aromatic nitrogens is 2. The number of nitrogens with zero attached hydrogens (tertiary/aromatic N) is 2. The largest absolute Gasteiger partial charge is 0.413 e. The minimum absolute atomic E-state index is 0.372. The zero-order valence-electron chi connectivity index (χ0n) is 11.6. The zero-order valence-corrected chi connectivity index (χ0v) is 14.6. The fourth-order valence-electron chi connectivity index (χ4n) is 1.42. The fourth-order valence-corrected chi connectivity index (χ4v) is 3.05. The van der Waals surface area contributed by atoms with Crippen LogP contribution in [0.5, 0.6) is 5.06 Å². The van der Waals surface area contributed by atoms with Gasteiger partial charge in [-0.15, -0.1) is 0 Å². The summed E-state index contributed by atoms with van der Waals surface area (Å²) in [7, 11) is 0. The molecule has 0 saturated heterocycles. The second-order valence-electron chi connectivity index (χ2n) is 5.25. The minimum atomic E-state index is -0.548. The molecule has 0 spiro atoms. The number of carbonyl (C=O) groups excluding carboxylic acids is 1. The maximum Gasteiger partial charge on any atom is 0.413 e. The molecule has 112 valence electrons. The van der Waals surface area contributed by atoms with Gasteiger partial charge in [-0.25, -0.2) is 14.2 Å². The van der Waals surface area contributed by atoms with E-state index >= 15 is 0 Å². The van der Waals surface area contributed by atoms with Gasteiger partial charge in [-0.3, -0.25) is 4.98 Å². The molecule has 21 heavy (non-hydrogen) atoms. The van der Waals surface area contributed by atoms with Crippen LogP contribution in [0.15, 0.2) is 18.5 Å². The highest BCUT2D eigenvalue weighted by molar-refractivity contribution is 14.1. The van der Waals surface area contributed by atoms with Crippen molar-refractivity contribution in [3.05, 3.63) is 28.0 Å². The summed E-state index contributed by atoms with van der Waals surface area (Å²) in [6.45, 7) is 5.57. The normalized spacial score (nSPS) is 11.3. The molecule has 0 fully saturated rings. The van der Waals surface area contributed by atoms with E-state index in [1.54, 1.807) is 0 Å². The van der Waals surface area contributed by atoms with Crippen molar-refractivity contribution in [1.82, 2.24) is 15.3 Å². The van der Waals surface area contributed by atoms with E-state index in [9.17, 15) is 9.18 Å². The van der Waals surface area contributed by atoms with Crippen LogP contribution in [0.4, 0.5) is 9.18 Å². The molecule has 0 saturated carbocycles. The number of ether oxygens (including phenoxy) is 1. The van der Waals surface area contributed by atoms with Crippen molar-refractivity contribution < 1.29 is 13.9 Å². The van der Waals surface area contributed by atoms with Crippen molar-refractivity contribution in [3.63, 3.8) is 0 Å². The van der Waals surface area contributed by atoms with Crippen molar-refractivity contribution in [3.8, 4) is 15.6 Å². The van der Waals surface area contributed by atoms with Crippen LogP contribution in [0.1, 0.15) is 20.8 Å². The number of pyridine rings is 1. The molecule has 2 aromatic heterocycles. The molecule has 0 radical (unpaired) electrons. The van der Waals surface area contributed by atoms with E-state index in [0.717, 1.165) is 6.20 Å². The van der Waals surface area contributed by atoms with Crippen LogP contribution in [-0.2, 0) is 0 Å². The lowest BCUT2D eigenvalue weighted by atomic mass is 10.1. The molecule has 1 N–H and O–H groups in total. The summed E-state index contributed by atoms with van der Waals surface area (Å²) in [5, 5.41) is 3.61. The van der Waals surface area contributed by atoms with E-state index in [1.165, 1.54) is 23.6 Å². The monoisotopic (exact) mass is 421 g/mol. The van der Waals surface area contributed by atoms with Crippen LogP contribution in [0.2, 0.25) is 0 Å². The molecular formula is C13H13FIN3O2S. The standard InChI is InChI=1S/C13H13FIN3O2S/c1-13(2,3)18-12(19)20-11-9(15)17-10(21-11)7-4-8(14)6-16-5-7/h4-6H,1-3H3,(H,18,19). The molecule has 2 aromatic rings. The molecule has 2 rings (SSSR count). The predicted molar refractivity (Wildman–Crippen MR) is 86.9 cm³/mol. The number of hydrogen-bond acceptors (Lipinski definition) is 5. The van der Waals surface area contributed by atoms with Crippen LogP contribution in [0.3, 0.4) is 0 Å². The number of nitrogens with one attached hydrogen (secondary N) is 1. The topological polar surface area (TPSA) is 64.1 Å². The molecule has 0 bridgehead atoms. The average Bonchev–Trinajstić information content (AvgIpc) is 2.68. The van der Waals surface area contributed by atoms with Gasteiger partial charge in [-0.1, -0.05) is 11.3 Å². The van der Waals surface area contributed by atoms with Gasteiger partial charge in [-0.2, -0.15) is 0 Å². The summed E-state index contributed by atoms with van der Waals surface area (Å²) in [5.41, 5.74) is 0.159. The number of halogens is 2. The molecule has 0 aliphatic carbocycles. The Bertz CT molecular complexity index is 670. The third-order valence-corrected chi connectivity index (χ3v) is 4.25. The summed E-state index contributed by atoms with van der Waals surface area (Å²) < 4.78 is 19.0. The summed E-state index contributed by atoms with van der Waals surface area (Å²) in [6, 6.07) is 1.33. The third-order valence-electron chi connectivity index (χ3n) is 2.17. The number of carbonyl (C=O) groups is 1. The number of hydrogen-bond donors (Lipinski definition) is 1. The highest BCUT2D eigenvalue weighted by Crippen LogP contribution is 2.34. The third kappa shape index (κ3) is 4.60. The van der Waals surface area contributed by atoms with Crippen molar-refractivity contribution in [2.75, 3.05) is 0 Å². The first-order valence-corrected chi connectivity index (χ1v) is 7.91. The van der Waals surface area contributed by atoms with E-state index in [2.05, 4.69) is 15.3 Å². The quantitative estimate of drug-likeness (QED) is 0.749. The first kappa shape index (κ1) is 16.1. The molecule has 2 heterocycles. The number of amides is 1. The van der Waals surface area contributed by atoms with Crippen molar-refractivity contribution in [2.24, 2.45) is 0 Å². The molecule has 0 aliphatic rings. The molecule has 8 heteroatoms. The highest BCUT2D eigenvalue weighted by atomic mass is 127. The van der Waals surface area contributed by atoms with Crippen LogP contribution in [0.25, 0.3) is 10.6 Å². The summed E-state index contributed by atoms with van der Waals surface area (Å²) in [4.78, 5) is 19.8. The maximum absolute atomic E-state index is 13.2. The van der Waals surface area contributed by atoms with Gasteiger partial charge in [0.2, 0.25) is 5.06 Å². The lowest BCUT2D eigenvalue weighted by Gasteiger charge is -2.19. The van der Waals surface area contributed by atoms with Gasteiger partial charge in [0.05, 0.1) is 6.20 Å². The Morgan fingerprint density at radius 2 is 2.14 bits per heavy atom. The fraction of sp³-hybridized carbons (Fsp3) is 0.308. The van der Waals surface area contributed by atoms with Gasteiger partial charge in [-0.05, 0) is 49.4 Å². The van der Waals surface area contributed by atoms with Gasteiger partial charge in [0.25, 0.3) is 0 Å². The Balaban J connectivity index is 2.18. The Morgan fingerprint density at radius 3 is 2.76 bits per heavy atom. The smallest absolute Gasteiger partial charge is 0.396 e. The van der Waals surface area contributed by atoms with Crippen LogP contribution in [-0.4, -0.2) is 21.6 Å². The maximum atomic E-state index is 13.2. The summed E-state index contributed by atoms with van der Waals surface area (Å²) >= 11 is 3.13. The Hall–Kier alpha value is -1.29. The molecule has 0 unspecified atom stereocenters. The highest BCUT2D eigenvalue weighted by Gasteiger charge is 2.19. The Kier molecular flexibility index (Phi) is 4.77. The lowest BCUT2D eigenvalue weighted by molar-refractivity contribution is 0.191.